The van der Waals surface area contributed by atoms with Crippen molar-refractivity contribution in [2.45, 2.75) is 31.0 Å². The summed E-state index contributed by atoms with van der Waals surface area (Å²) in [4.78, 5) is 30.5. The van der Waals surface area contributed by atoms with Gasteiger partial charge in [0.1, 0.15) is 5.39 Å². The summed E-state index contributed by atoms with van der Waals surface area (Å²) in [5.74, 6) is 0.598. The number of nitrogens with zero attached hydrogens (tertiary/aromatic N) is 4. The van der Waals surface area contributed by atoms with Gasteiger partial charge in [-0.05, 0) is 30.5 Å². The van der Waals surface area contributed by atoms with E-state index in [1.54, 1.807) is 15.4 Å². The summed E-state index contributed by atoms with van der Waals surface area (Å²) in [6.45, 7) is 2.58. The first-order valence-corrected chi connectivity index (χ1v) is 11.6. The molecule has 3 heterocycles. The van der Waals surface area contributed by atoms with E-state index in [0.29, 0.717) is 28.5 Å². The third-order valence-electron chi connectivity index (χ3n) is 5.71. The Morgan fingerprint density at radius 3 is 2.75 bits per heavy atom. The van der Waals surface area contributed by atoms with Crippen molar-refractivity contribution in [1.82, 2.24) is 24.6 Å². The molecule has 1 N–H and O–H groups in total. The number of aryl methyl sites for hydroxylation is 1. The highest BCUT2D eigenvalue weighted by Gasteiger charge is 2.29. The van der Waals surface area contributed by atoms with E-state index in [1.165, 1.54) is 17.3 Å². The summed E-state index contributed by atoms with van der Waals surface area (Å²) in [6, 6.07) is 17.7. The van der Waals surface area contributed by atoms with Gasteiger partial charge < -0.3 is 5.32 Å². The smallest absolute Gasteiger partial charge is 0.265 e. The van der Waals surface area contributed by atoms with Crippen LogP contribution in [0.25, 0.3) is 16.7 Å². The van der Waals surface area contributed by atoms with Crippen LogP contribution >= 0.6 is 11.8 Å². The first-order chi connectivity index (χ1) is 15.6. The molecule has 7 nitrogen and oxygen atoms in total. The molecule has 1 atom stereocenters. The zero-order chi connectivity index (χ0) is 22.1. The lowest BCUT2D eigenvalue weighted by molar-refractivity contribution is -0.121. The highest BCUT2D eigenvalue weighted by Crippen LogP contribution is 2.33. The molecule has 0 radical (unpaired) electrons. The number of hydrogen-bond acceptors (Lipinski definition) is 5. The summed E-state index contributed by atoms with van der Waals surface area (Å²) in [5.41, 5.74) is 3.55. The van der Waals surface area contributed by atoms with Crippen molar-refractivity contribution in [2.24, 2.45) is 0 Å². The molecule has 2 aromatic heterocycles. The van der Waals surface area contributed by atoms with Gasteiger partial charge in [0.2, 0.25) is 5.91 Å². The molecule has 1 aliphatic heterocycles. The lowest BCUT2D eigenvalue weighted by atomic mass is 10.1. The first-order valence-electron chi connectivity index (χ1n) is 10.6. The second kappa shape index (κ2) is 8.63. The average Bonchev–Trinajstić information content (AvgIpc) is 3.40. The number of rotatable bonds is 6. The molecule has 0 saturated heterocycles. The minimum atomic E-state index is -0.210. The van der Waals surface area contributed by atoms with Crippen LogP contribution in [0.2, 0.25) is 0 Å². The Balaban J connectivity index is 1.35. The van der Waals surface area contributed by atoms with Crippen molar-refractivity contribution < 1.29 is 4.79 Å². The maximum atomic E-state index is 13.3. The third kappa shape index (κ3) is 3.82. The van der Waals surface area contributed by atoms with Crippen LogP contribution in [-0.2, 0) is 11.2 Å². The molecule has 8 heteroatoms. The number of amides is 1. The number of benzene rings is 2. The van der Waals surface area contributed by atoms with Crippen LogP contribution < -0.4 is 10.9 Å². The summed E-state index contributed by atoms with van der Waals surface area (Å²) in [7, 11) is 0. The van der Waals surface area contributed by atoms with Gasteiger partial charge in [0.15, 0.2) is 10.8 Å². The van der Waals surface area contributed by atoms with Crippen LogP contribution in [0.5, 0.6) is 0 Å². The van der Waals surface area contributed by atoms with E-state index < -0.39 is 0 Å². The molecule has 0 saturated carbocycles. The van der Waals surface area contributed by atoms with Gasteiger partial charge in [0.05, 0.1) is 17.9 Å². The number of nitrogens with one attached hydrogen (secondary N) is 1. The van der Waals surface area contributed by atoms with E-state index in [-0.39, 0.29) is 23.9 Å². The van der Waals surface area contributed by atoms with Crippen molar-refractivity contribution in [3.63, 3.8) is 0 Å². The molecule has 2 aromatic carbocycles. The van der Waals surface area contributed by atoms with Crippen molar-refractivity contribution in [2.75, 3.05) is 12.3 Å². The predicted molar refractivity (Wildman–Crippen MR) is 125 cm³/mol. The van der Waals surface area contributed by atoms with Gasteiger partial charge in [-0.2, -0.15) is 5.10 Å². The fourth-order valence-electron chi connectivity index (χ4n) is 4.04. The Hall–Kier alpha value is -3.39. The second-order valence-corrected chi connectivity index (χ2v) is 8.89. The molecule has 32 heavy (non-hydrogen) atoms. The summed E-state index contributed by atoms with van der Waals surface area (Å²) < 4.78 is 3.38. The van der Waals surface area contributed by atoms with Gasteiger partial charge in [-0.3, -0.25) is 14.2 Å². The minimum absolute atomic E-state index is 0.0537. The number of hydrogen-bond donors (Lipinski definition) is 1. The lowest BCUT2D eigenvalue weighted by Crippen LogP contribution is -2.31. The van der Waals surface area contributed by atoms with Gasteiger partial charge in [0, 0.05) is 18.7 Å². The van der Waals surface area contributed by atoms with Gasteiger partial charge in [-0.1, -0.05) is 60.3 Å². The molecule has 5 rings (SSSR count). The number of aromatic nitrogens is 4. The predicted octanol–water partition coefficient (Wildman–Crippen LogP) is 3.29. The van der Waals surface area contributed by atoms with Gasteiger partial charge >= 0.3 is 0 Å². The molecule has 4 aromatic rings. The number of fused-ring (bicyclic) bond motifs is 2. The monoisotopic (exact) mass is 445 g/mol. The van der Waals surface area contributed by atoms with Gasteiger partial charge in [-0.15, -0.1) is 0 Å². The summed E-state index contributed by atoms with van der Waals surface area (Å²) in [5, 5.41) is 8.52. The Kier molecular flexibility index (Phi) is 5.53. The fourth-order valence-corrected chi connectivity index (χ4v) is 5.17. The summed E-state index contributed by atoms with van der Waals surface area (Å²) >= 11 is 1.51. The average molecular weight is 446 g/mol. The highest BCUT2D eigenvalue weighted by atomic mass is 32.2. The van der Waals surface area contributed by atoms with Crippen LogP contribution in [0.15, 0.2) is 70.7 Å². The molecule has 0 aliphatic carbocycles. The van der Waals surface area contributed by atoms with Gasteiger partial charge in [0.25, 0.3) is 5.56 Å². The lowest BCUT2D eigenvalue weighted by Gasteiger charge is -2.13. The highest BCUT2D eigenvalue weighted by molar-refractivity contribution is 7.99. The number of thioether (sulfide) groups is 1. The fraction of sp³-hybridized carbons (Fsp3) is 0.250. The number of carbonyl (C=O) groups is 1. The van der Waals surface area contributed by atoms with E-state index >= 15 is 0 Å². The Bertz CT molecular complexity index is 1350. The molecule has 1 unspecified atom stereocenters. The van der Waals surface area contributed by atoms with E-state index in [0.717, 1.165) is 17.7 Å². The molecule has 1 aliphatic rings. The molecule has 162 valence electrons. The second-order valence-electron chi connectivity index (χ2n) is 7.90. The van der Waals surface area contributed by atoms with E-state index in [9.17, 15) is 9.59 Å². The zero-order valence-corrected chi connectivity index (χ0v) is 18.5. The van der Waals surface area contributed by atoms with Crippen molar-refractivity contribution in [1.29, 1.82) is 0 Å². The standard InChI is InChI=1S/C24H23N5O2S/c1-16-7-5-6-10-20(16)29-22-19(14-26-29)23(31)28-18(15-32-24(28)27-22)13-21(30)25-12-11-17-8-3-2-4-9-17/h2-10,14,18H,11-13,15H2,1H3,(H,25,30). The Morgan fingerprint density at radius 2 is 1.94 bits per heavy atom. The van der Waals surface area contributed by atoms with E-state index in [2.05, 4.69) is 10.4 Å². The zero-order valence-electron chi connectivity index (χ0n) is 17.7. The van der Waals surface area contributed by atoms with Crippen LogP contribution in [-0.4, -0.2) is 37.5 Å². The Morgan fingerprint density at radius 1 is 1.16 bits per heavy atom. The molecule has 0 spiro atoms. The molecule has 0 bridgehead atoms. The molecule has 1 amide bonds. The maximum absolute atomic E-state index is 13.3. The van der Waals surface area contributed by atoms with Crippen LogP contribution in [0, 0.1) is 6.92 Å². The quantitative estimate of drug-likeness (QED) is 0.461. The topological polar surface area (TPSA) is 81.8 Å². The summed E-state index contributed by atoms with van der Waals surface area (Å²) in [6.07, 6.45) is 2.61. The van der Waals surface area contributed by atoms with Gasteiger partial charge in [-0.25, -0.2) is 9.67 Å². The van der Waals surface area contributed by atoms with Crippen molar-refractivity contribution in [3.05, 3.63) is 82.3 Å². The van der Waals surface area contributed by atoms with Crippen LogP contribution in [0.3, 0.4) is 0 Å². The van der Waals surface area contributed by atoms with Crippen molar-refractivity contribution in [3.8, 4) is 5.69 Å². The Labute approximate surface area is 189 Å². The molecular weight excluding hydrogens is 422 g/mol. The van der Waals surface area contributed by atoms with E-state index in [1.807, 2.05) is 61.5 Å². The number of carbonyl (C=O) groups excluding carboxylic acids is 1. The maximum Gasteiger partial charge on any atom is 0.265 e. The first kappa shape index (κ1) is 20.5. The minimum Gasteiger partial charge on any atom is -0.356 e. The van der Waals surface area contributed by atoms with E-state index in [4.69, 9.17) is 4.98 Å². The van der Waals surface area contributed by atoms with Crippen LogP contribution in [0.1, 0.15) is 23.6 Å². The van der Waals surface area contributed by atoms with Crippen molar-refractivity contribution >= 4 is 28.7 Å². The normalized spacial score (nSPS) is 15.1. The molecule has 0 fully saturated rings. The third-order valence-corrected chi connectivity index (χ3v) is 6.81. The number of para-hydroxylation sites is 1. The van der Waals surface area contributed by atoms with Crippen LogP contribution in [0.4, 0.5) is 0 Å². The molecular formula is C24H23N5O2S. The largest absolute Gasteiger partial charge is 0.356 e. The SMILES string of the molecule is Cc1ccccc1-n1ncc2c(=O)n3c(nc21)SCC3CC(=O)NCCc1ccccc1.